The van der Waals surface area contributed by atoms with E-state index in [4.69, 9.17) is 9.47 Å². The maximum atomic E-state index is 12.6. The van der Waals surface area contributed by atoms with Crippen LogP contribution in [-0.2, 0) is 19.1 Å². The van der Waals surface area contributed by atoms with Crippen LogP contribution < -0.4 is 16.0 Å². The van der Waals surface area contributed by atoms with Crippen LogP contribution in [0.5, 0.6) is 0 Å². The number of hydrogen-bond donors (Lipinski definition) is 4. The van der Waals surface area contributed by atoms with Crippen molar-refractivity contribution in [1.82, 2.24) is 16.0 Å². The molecule has 0 unspecified atom stereocenters. The van der Waals surface area contributed by atoms with E-state index >= 15 is 0 Å². The van der Waals surface area contributed by atoms with Gasteiger partial charge in [0.1, 0.15) is 30.4 Å². The van der Waals surface area contributed by atoms with Gasteiger partial charge in [0.25, 0.3) is 0 Å². The maximum Gasteiger partial charge on any atom is 0.242 e. The zero-order chi connectivity index (χ0) is 18.6. The lowest BCUT2D eigenvalue weighted by Crippen LogP contribution is -2.58. The Labute approximate surface area is 148 Å². The summed E-state index contributed by atoms with van der Waals surface area (Å²) in [6.07, 6.45) is 1.43. The Morgan fingerprint density at radius 3 is 2.80 bits per heavy atom. The van der Waals surface area contributed by atoms with E-state index in [0.29, 0.717) is 13.0 Å². The third-order valence-electron chi connectivity index (χ3n) is 4.52. The molecule has 2 aliphatic rings. The van der Waals surface area contributed by atoms with Crippen molar-refractivity contribution in [2.45, 2.75) is 69.3 Å². The van der Waals surface area contributed by atoms with E-state index in [0.717, 1.165) is 12.8 Å². The van der Waals surface area contributed by atoms with Crippen LogP contribution in [0.3, 0.4) is 0 Å². The predicted octanol–water partition coefficient (Wildman–Crippen LogP) is -0.574. The summed E-state index contributed by atoms with van der Waals surface area (Å²) in [5.74, 6) is -1.52. The van der Waals surface area contributed by atoms with E-state index in [2.05, 4.69) is 22.5 Å². The average molecular weight is 355 g/mol. The van der Waals surface area contributed by atoms with Crippen LogP contribution in [0.4, 0.5) is 0 Å². The molecule has 0 aromatic heterocycles. The van der Waals surface area contributed by atoms with Gasteiger partial charge in [-0.25, -0.2) is 0 Å². The summed E-state index contributed by atoms with van der Waals surface area (Å²) in [7, 11) is 1.57. The van der Waals surface area contributed by atoms with E-state index in [1.54, 1.807) is 27.0 Å². The number of aliphatic hydroxyl groups is 1. The number of nitrogens with one attached hydrogen (secondary N) is 3. The van der Waals surface area contributed by atoms with Crippen molar-refractivity contribution < 1.29 is 24.2 Å². The molecule has 0 bridgehead atoms. The first-order chi connectivity index (χ1) is 11.8. The predicted molar refractivity (Wildman–Crippen MR) is 91.7 cm³/mol. The summed E-state index contributed by atoms with van der Waals surface area (Å²) in [6, 6.07) is -1.54. The molecule has 0 aromatic carbocycles. The number of likely N-dealkylation sites (N-methyl/N-ethyl adjacent to an activating group) is 1. The van der Waals surface area contributed by atoms with Gasteiger partial charge in [-0.1, -0.05) is 6.08 Å². The average Bonchev–Trinajstić information content (AvgIpc) is 2.74. The van der Waals surface area contributed by atoms with Crippen molar-refractivity contribution in [1.29, 1.82) is 0 Å². The normalized spacial score (nSPS) is 31.5. The van der Waals surface area contributed by atoms with Gasteiger partial charge in [0.2, 0.25) is 11.8 Å². The van der Waals surface area contributed by atoms with Crippen molar-refractivity contribution in [3.8, 4) is 0 Å². The number of rotatable bonds is 6. The lowest BCUT2D eigenvalue weighted by molar-refractivity contribution is -0.158. The van der Waals surface area contributed by atoms with Gasteiger partial charge in [0.15, 0.2) is 5.79 Å². The number of carbonyl (C=O) groups is 2. The molecule has 2 aliphatic heterocycles. The molecule has 0 radical (unpaired) electrons. The first kappa shape index (κ1) is 19.8. The summed E-state index contributed by atoms with van der Waals surface area (Å²) in [5, 5.41) is 19.0. The van der Waals surface area contributed by atoms with Crippen molar-refractivity contribution in [3.05, 3.63) is 12.7 Å². The van der Waals surface area contributed by atoms with E-state index in [9.17, 15) is 14.7 Å². The molecule has 4 N–H and O–H groups in total. The van der Waals surface area contributed by atoms with Crippen molar-refractivity contribution >= 4 is 11.8 Å². The molecule has 25 heavy (non-hydrogen) atoms. The number of carbonyl (C=O) groups excluding carboxylic acids is 2. The molecule has 2 rings (SSSR count). The summed E-state index contributed by atoms with van der Waals surface area (Å²) >= 11 is 0. The molecular weight excluding hydrogens is 326 g/mol. The van der Waals surface area contributed by atoms with Crippen LogP contribution in [0, 0.1) is 0 Å². The first-order valence-corrected chi connectivity index (χ1v) is 8.70. The summed E-state index contributed by atoms with van der Waals surface area (Å²) in [5.41, 5.74) is 0. The summed E-state index contributed by atoms with van der Waals surface area (Å²) in [4.78, 5) is 24.6. The Bertz CT molecular complexity index is 511. The van der Waals surface area contributed by atoms with Gasteiger partial charge >= 0.3 is 0 Å². The highest BCUT2D eigenvalue weighted by atomic mass is 16.8. The molecular formula is C17H29N3O5. The van der Waals surface area contributed by atoms with Crippen LogP contribution in [0.25, 0.3) is 0 Å². The quantitative estimate of drug-likeness (QED) is 0.475. The smallest absolute Gasteiger partial charge is 0.242 e. The summed E-state index contributed by atoms with van der Waals surface area (Å²) < 4.78 is 11.4. The zero-order valence-corrected chi connectivity index (χ0v) is 15.1. The molecule has 5 atom stereocenters. The second kappa shape index (κ2) is 8.27. The number of ether oxygens (including phenoxy) is 2. The van der Waals surface area contributed by atoms with Gasteiger partial charge in [-0.15, -0.1) is 6.58 Å². The minimum atomic E-state index is -1.16. The maximum absolute atomic E-state index is 12.6. The van der Waals surface area contributed by atoms with Crippen LogP contribution >= 0.6 is 0 Å². The number of hydrogen-bond acceptors (Lipinski definition) is 6. The Balaban J connectivity index is 2.05. The molecule has 8 heteroatoms. The largest absolute Gasteiger partial charge is 0.388 e. The second-order valence-electron chi connectivity index (χ2n) is 6.91. The minimum Gasteiger partial charge on any atom is -0.388 e. The molecule has 2 heterocycles. The third-order valence-corrected chi connectivity index (χ3v) is 4.52. The Hall–Kier alpha value is -1.48. The molecule has 2 amide bonds. The molecule has 142 valence electrons. The van der Waals surface area contributed by atoms with Gasteiger partial charge in [-0.05, 0) is 40.2 Å². The fraction of sp³-hybridized carbons (Fsp3) is 0.765. The van der Waals surface area contributed by atoms with E-state index in [1.165, 1.54) is 0 Å². The molecule has 0 aliphatic carbocycles. The van der Waals surface area contributed by atoms with E-state index in [-0.39, 0.29) is 5.91 Å². The monoisotopic (exact) mass is 355 g/mol. The highest BCUT2D eigenvalue weighted by Gasteiger charge is 2.47. The zero-order valence-electron chi connectivity index (χ0n) is 15.1. The number of amides is 2. The van der Waals surface area contributed by atoms with Crippen molar-refractivity contribution in [3.63, 3.8) is 0 Å². The van der Waals surface area contributed by atoms with Crippen LogP contribution in [-0.4, -0.2) is 66.7 Å². The van der Waals surface area contributed by atoms with Gasteiger partial charge in [0, 0.05) is 6.54 Å². The minimum absolute atomic E-state index is 0.194. The SMILES string of the molecule is C=C[C@H]1OC(C)(C)O[C@@H]1[C@@H](O)[C@@H](NC)C(=O)N[C@H]1CCCCNC1=O. The van der Waals surface area contributed by atoms with Crippen LogP contribution in [0.1, 0.15) is 33.1 Å². The third kappa shape index (κ3) is 4.78. The molecule has 0 aromatic rings. The van der Waals surface area contributed by atoms with E-state index in [1.807, 2.05) is 0 Å². The van der Waals surface area contributed by atoms with Gasteiger partial charge in [-0.3, -0.25) is 9.59 Å². The van der Waals surface area contributed by atoms with Gasteiger partial charge in [0.05, 0.1) is 0 Å². The lowest BCUT2D eigenvalue weighted by Gasteiger charge is -2.29. The highest BCUT2D eigenvalue weighted by molar-refractivity contribution is 5.90. The molecule has 2 fully saturated rings. The first-order valence-electron chi connectivity index (χ1n) is 8.70. The van der Waals surface area contributed by atoms with Gasteiger partial charge < -0.3 is 30.5 Å². The number of aliphatic hydroxyl groups excluding tert-OH is 1. The lowest BCUT2D eigenvalue weighted by atomic mass is 9.99. The fourth-order valence-corrected chi connectivity index (χ4v) is 3.25. The van der Waals surface area contributed by atoms with Gasteiger partial charge in [-0.2, -0.15) is 0 Å². The molecule has 8 nitrogen and oxygen atoms in total. The highest BCUT2D eigenvalue weighted by Crippen LogP contribution is 2.31. The summed E-state index contributed by atoms with van der Waals surface area (Å²) in [6.45, 7) is 7.79. The van der Waals surface area contributed by atoms with Crippen molar-refractivity contribution in [2.75, 3.05) is 13.6 Å². The Kier molecular flexibility index (Phi) is 6.56. The van der Waals surface area contributed by atoms with E-state index < -0.39 is 42.1 Å². The standard InChI is InChI=1S/C17H29N3O5/c1-5-11-14(25-17(2,3)24-11)13(21)12(18-4)16(23)20-10-8-6-7-9-19-15(10)22/h5,10-14,18,21H,1,6-9H2,2-4H3,(H,19,22)(H,20,23)/t10-,11+,12+,13-,14-/m0/s1. The molecule has 2 saturated heterocycles. The Morgan fingerprint density at radius 1 is 1.44 bits per heavy atom. The van der Waals surface area contributed by atoms with Crippen molar-refractivity contribution in [2.24, 2.45) is 0 Å². The van der Waals surface area contributed by atoms with Crippen LogP contribution in [0.15, 0.2) is 12.7 Å². The molecule has 0 spiro atoms. The second-order valence-corrected chi connectivity index (χ2v) is 6.91. The fourth-order valence-electron chi connectivity index (χ4n) is 3.25. The molecule has 0 saturated carbocycles. The Morgan fingerprint density at radius 2 is 2.16 bits per heavy atom. The topological polar surface area (TPSA) is 109 Å². The van der Waals surface area contributed by atoms with Crippen LogP contribution in [0.2, 0.25) is 0 Å².